The van der Waals surface area contributed by atoms with Gasteiger partial charge < -0.3 is 9.42 Å². The molecule has 0 saturated carbocycles. The number of nitrogens with zero attached hydrogens (tertiary/aromatic N) is 3. The molecule has 1 unspecified atom stereocenters. The fraction of sp³-hybridized carbons (Fsp3) is 0.562. The first-order valence-electron chi connectivity index (χ1n) is 7.76. The second-order valence-electron chi connectivity index (χ2n) is 5.99. The zero-order valence-electron chi connectivity index (χ0n) is 13.3. The molecule has 1 aliphatic carbocycles. The summed E-state index contributed by atoms with van der Waals surface area (Å²) in [6.45, 7) is 7.28. The lowest BCUT2D eigenvalue weighted by Gasteiger charge is -2.18. The van der Waals surface area contributed by atoms with Crippen LogP contribution in [0.2, 0.25) is 0 Å². The van der Waals surface area contributed by atoms with Gasteiger partial charge in [-0.25, -0.2) is 4.98 Å². The largest absolute Gasteiger partial charge is 0.364 e. The predicted molar refractivity (Wildman–Crippen MR) is 85.0 cm³/mol. The van der Waals surface area contributed by atoms with E-state index >= 15 is 0 Å². The van der Waals surface area contributed by atoms with E-state index in [9.17, 15) is 4.79 Å². The standard InChI is InChI=1S/C16H21N3O2S/c1-4-19(16(20)15-11(3)9-21-18-15)8-14-17-12-6-5-10(2)7-13(12)22-14/h9-10H,4-8H2,1-3H3. The van der Waals surface area contributed by atoms with Crippen LogP contribution in [-0.2, 0) is 19.4 Å². The molecule has 0 aromatic carbocycles. The van der Waals surface area contributed by atoms with E-state index in [0.717, 1.165) is 29.3 Å². The molecular weight excluding hydrogens is 298 g/mol. The van der Waals surface area contributed by atoms with Crippen LogP contribution in [0, 0.1) is 12.8 Å². The molecule has 118 valence electrons. The third-order valence-electron chi connectivity index (χ3n) is 4.17. The summed E-state index contributed by atoms with van der Waals surface area (Å²) >= 11 is 1.75. The molecule has 3 rings (SSSR count). The van der Waals surface area contributed by atoms with Crippen LogP contribution >= 0.6 is 11.3 Å². The third-order valence-corrected chi connectivity index (χ3v) is 5.28. The van der Waals surface area contributed by atoms with Gasteiger partial charge in [0.05, 0.1) is 12.2 Å². The topological polar surface area (TPSA) is 59.2 Å². The second kappa shape index (κ2) is 6.20. The van der Waals surface area contributed by atoms with Crippen molar-refractivity contribution in [1.82, 2.24) is 15.0 Å². The van der Waals surface area contributed by atoms with Gasteiger partial charge in [-0.05, 0) is 39.0 Å². The summed E-state index contributed by atoms with van der Waals surface area (Å²) in [6, 6.07) is 0. The van der Waals surface area contributed by atoms with Gasteiger partial charge in [-0.1, -0.05) is 12.1 Å². The van der Waals surface area contributed by atoms with Gasteiger partial charge in [-0.15, -0.1) is 11.3 Å². The lowest BCUT2D eigenvalue weighted by atomic mass is 9.93. The lowest BCUT2D eigenvalue weighted by Crippen LogP contribution is -2.31. The van der Waals surface area contributed by atoms with Gasteiger partial charge in [-0.2, -0.15) is 0 Å². The van der Waals surface area contributed by atoms with E-state index in [1.807, 2.05) is 13.8 Å². The zero-order valence-corrected chi connectivity index (χ0v) is 14.1. The fourth-order valence-corrected chi connectivity index (χ4v) is 4.09. The second-order valence-corrected chi connectivity index (χ2v) is 7.16. The molecular formula is C16H21N3O2S. The van der Waals surface area contributed by atoms with E-state index in [1.54, 1.807) is 16.2 Å². The molecule has 0 N–H and O–H groups in total. The summed E-state index contributed by atoms with van der Waals surface area (Å²) in [6.07, 6.45) is 4.90. The molecule has 2 heterocycles. The summed E-state index contributed by atoms with van der Waals surface area (Å²) in [7, 11) is 0. The number of aromatic nitrogens is 2. The van der Waals surface area contributed by atoms with Crippen LogP contribution in [-0.4, -0.2) is 27.5 Å². The molecule has 5 nitrogen and oxygen atoms in total. The number of carbonyl (C=O) groups is 1. The van der Waals surface area contributed by atoms with Gasteiger partial charge >= 0.3 is 0 Å². The third kappa shape index (κ3) is 2.92. The van der Waals surface area contributed by atoms with Crippen molar-refractivity contribution in [1.29, 1.82) is 0 Å². The van der Waals surface area contributed by atoms with E-state index in [1.165, 1.54) is 23.3 Å². The minimum Gasteiger partial charge on any atom is -0.364 e. The van der Waals surface area contributed by atoms with Crippen molar-refractivity contribution in [2.24, 2.45) is 5.92 Å². The monoisotopic (exact) mass is 319 g/mol. The summed E-state index contributed by atoms with van der Waals surface area (Å²) in [5.74, 6) is 0.651. The Morgan fingerprint density at radius 3 is 3.05 bits per heavy atom. The van der Waals surface area contributed by atoms with E-state index in [4.69, 9.17) is 9.51 Å². The molecule has 0 bridgehead atoms. The maximum Gasteiger partial charge on any atom is 0.276 e. The van der Waals surface area contributed by atoms with E-state index in [2.05, 4.69) is 12.1 Å². The lowest BCUT2D eigenvalue weighted by molar-refractivity contribution is 0.0741. The molecule has 0 radical (unpaired) electrons. The minimum absolute atomic E-state index is 0.0877. The van der Waals surface area contributed by atoms with Crippen molar-refractivity contribution in [3.05, 3.63) is 33.1 Å². The highest BCUT2D eigenvalue weighted by Gasteiger charge is 2.24. The van der Waals surface area contributed by atoms with Crippen molar-refractivity contribution < 1.29 is 9.32 Å². The van der Waals surface area contributed by atoms with Gasteiger partial charge in [-0.3, -0.25) is 4.79 Å². The van der Waals surface area contributed by atoms with Crippen molar-refractivity contribution in [3.8, 4) is 0 Å². The van der Waals surface area contributed by atoms with Crippen LogP contribution < -0.4 is 0 Å². The highest BCUT2D eigenvalue weighted by Crippen LogP contribution is 2.30. The van der Waals surface area contributed by atoms with Gasteiger partial charge in [0.25, 0.3) is 5.91 Å². The number of aryl methyl sites for hydroxylation is 2. The Labute approximate surface area is 134 Å². The number of rotatable bonds is 4. The average molecular weight is 319 g/mol. The normalized spacial score (nSPS) is 17.3. The molecule has 6 heteroatoms. The average Bonchev–Trinajstić information content (AvgIpc) is 3.09. The van der Waals surface area contributed by atoms with Crippen molar-refractivity contribution >= 4 is 17.2 Å². The smallest absolute Gasteiger partial charge is 0.276 e. The highest BCUT2D eigenvalue weighted by atomic mass is 32.1. The first-order valence-corrected chi connectivity index (χ1v) is 8.57. The van der Waals surface area contributed by atoms with Crippen LogP contribution in [0.1, 0.15) is 51.9 Å². The maximum absolute atomic E-state index is 12.5. The molecule has 1 amide bonds. The number of hydrogen-bond donors (Lipinski definition) is 0. The van der Waals surface area contributed by atoms with Gasteiger partial charge in [0.15, 0.2) is 5.69 Å². The molecule has 0 saturated heterocycles. The molecule has 2 aromatic rings. The maximum atomic E-state index is 12.5. The number of amides is 1. The summed E-state index contributed by atoms with van der Waals surface area (Å²) < 4.78 is 4.88. The first kappa shape index (κ1) is 15.2. The number of fused-ring (bicyclic) bond motifs is 1. The van der Waals surface area contributed by atoms with E-state index in [0.29, 0.717) is 18.8 Å². The predicted octanol–water partition coefficient (Wildman–Crippen LogP) is 3.23. The van der Waals surface area contributed by atoms with Crippen LogP contribution in [0.25, 0.3) is 0 Å². The molecule has 0 spiro atoms. The molecule has 2 aromatic heterocycles. The fourth-order valence-electron chi connectivity index (χ4n) is 2.79. The molecule has 1 atom stereocenters. The summed E-state index contributed by atoms with van der Waals surface area (Å²) in [5, 5.41) is 4.84. The Morgan fingerprint density at radius 1 is 1.55 bits per heavy atom. The van der Waals surface area contributed by atoms with E-state index < -0.39 is 0 Å². The number of carbonyl (C=O) groups excluding carboxylic acids is 1. The van der Waals surface area contributed by atoms with Gasteiger partial charge in [0, 0.05) is 17.0 Å². The van der Waals surface area contributed by atoms with Crippen LogP contribution in [0.3, 0.4) is 0 Å². The zero-order chi connectivity index (χ0) is 15.7. The molecule has 0 aliphatic heterocycles. The Morgan fingerprint density at radius 2 is 2.36 bits per heavy atom. The molecule has 1 aliphatic rings. The quantitative estimate of drug-likeness (QED) is 0.868. The van der Waals surface area contributed by atoms with Crippen molar-refractivity contribution in [2.45, 2.75) is 46.6 Å². The Kier molecular flexibility index (Phi) is 4.29. The minimum atomic E-state index is -0.0877. The molecule has 0 fully saturated rings. The Bertz CT molecular complexity index is 677. The number of hydrogen-bond acceptors (Lipinski definition) is 5. The van der Waals surface area contributed by atoms with Crippen LogP contribution in [0.15, 0.2) is 10.8 Å². The number of thiazole rings is 1. The van der Waals surface area contributed by atoms with Gasteiger partial charge in [0.2, 0.25) is 0 Å². The molecule has 22 heavy (non-hydrogen) atoms. The SMILES string of the molecule is CCN(Cc1nc2c(s1)CC(C)CC2)C(=O)c1nocc1C. The first-order chi connectivity index (χ1) is 10.6. The summed E-state index contributed by atoms with van der Waals surface area (Å²) in [5.41, 5.74) is 2.41. The van der Waals surface area contributed by atoms with Crippen molar-refractivity contribution in [2.75, 3.05) is 6.54 Å². The van der Waals surface area contributed by atoms with E-state index in [-0.39, 0.29) is 5.91 Å². The summed E-state index contributed by atoms with van der Waals surface area (Å²) in [4.78, 5) is 20.5. The highest BCUT2D eigenvalue weighted by molar-refractivity contribution is 7.11. The Balaban J connectivity index is 1.76. The van der Waals surface area contributed by atoms with Crippen LogP contribution in [0.4, 0.5) is 0 Å². The van der Waals surface area contributed by atoms with Crippen LogP contribution in [0.5, 0.6) is 0 Å². The van der Waals surface area contributed by atoms with Gasteiger partial charge in [0.1, 0.15) is 11.3 Å². The van der Waals surface area contributed by atoms with Crippen molar-refractivity contribution in [3.63, 3.8) is 0 Å². The Hall–Kier alpha value is -1.69.